The quantitative estimate of drug-likeness (QED) is 0.867. The van der Waals surface area contributed by atoms with Gasteiger partial charge in [0.15, 0.2) is 5.65 Å². The van der Waals surface area contributed by atoms with Crippen LogP contribution in [0.15, 0.2) is 25.0 Å². The van der Waals surface area contributed by atoms with E-state index in [9.17, 15) is 4.79 Å². The first-order valence-electron chi connectivity index (χ1n) is 9.49. The summed E-state index contributed by atoms with van der Waals surface area (Å²) in [7, 11) is 0. The Bertz CT molecular complexity index is 767. The summed E-state index contributed by atoms with van der Waals surface area (Å²) < 4.78 is 0. The Morgan fingerprint density at radius 3 is 2.76 bits per heavy atom. The van der Waals surface area contributed by atoms with Crippen molar-refractivity contribution in [3.63, 3.8) is 0 Å². The number of aromatic amines is 1. The fourth-order valence-corrected chi connectivity index (χ4v) is 4.38. The van der Waals surface area contributed by atoms with Crippen LogP contribution < -0.4 is 0 Å². The average Bonchev–Trinajstić information content (AvgIpc) is 3.30. The van der Waals surface area contributed by atoms with E-state index in [1.807, 2.05) is 11.1 Å². The summed E-state index contributed by atoms with van der Waals surface area (Å²) >= 11 is 0. The fourth-order valence-electron chi connectivity index (χ4n) is 4.38. The van der Waals surface area contributed by atoms with Crippen LogP contribution in [0.4, 0.5) is 0 Å². The zero-order valence-corrected chi connectivity index (χ0v) is 14.7. The van der Waals surface area contributed by atoms with Crippen LogP contribution in [-0.2, 0) is 11.2 Å². The van der Waals surface area contributed by atoms with Crippen molar-refractivity contribution in [1.82, 2.24) is 19.9 Å². The lowest BCUT2D eigenvalue weighted by Crippen LogP contribution is -2.37. The molecule has 0 aromatic carbocycles. The maximum Gasteiger partial charge on any atom is 0.245 e. The molecule has 4 rings (SSSR count). The third-order valence-corrected chi connectivity index (χ3v) is 5.85. The largest absolute Gasteiger partial charge is 0.345 e. The summed E-state index contributed by atoms with van der Waals surface area (Å²) in [6.45, 7) is 5.22. The number of carbonyl (C=O) groups is 1. The smallest absolute Gasteiger partial charge is 0.245 e. The van der Waals surface area contributed by atoms with E-state index in [1.165, 1.54) is 37.3 Å². The monoisotopic (exact) mass is 338 g/mol. The number of aromatic nitrogens is 3. The number of nitrogens with one attached hydrogen (secondary N) is 1. The van der Waals surface area contributed by atoms with Crippen LogP contribution in [-0.4, -0.2) is 38.8 Å². The lowest BCUT2D eigenvalue weighted by molar-refractivity contribution is -0.127. The minimum absolute atomic E-state index is 0.0492. The molecule has 5 heteroatoms. The number of nitrogens with zero attached hydrogens (tertiary/aromatic N) is 3. The Balaban J connectivity index is 1.46. The molecule has 0 bridgehead atoms. The standard InChI is InChI=1S/C20H26N4O/c1-2-18(25)24-9-7-14(8-10-24)11-16-12-21-20-19(23-16)17(13-22-20)15-5-3-4-6-15/h2,12-15H,1,3-11H2,(H,21,22). The van der Waals surface area contributed by atoms with Gasteiger partial charge < -0.3 is 9.88 Å². The van der Waals surface area contributed by atoms with Crippen molar-refractivity contribution in [3.8, 4) is 0 Å². The van der Waals surface area contributed by atoms with Gasteiger partial charge in [-0.15, -0.1) is 0 Å². The van der Waals surface area contributed by atoms with Crippen LogP contribution in [0.3, 0.4) is 0 Å². The SMILES string of the molecule is C=CC(=O)N1CCC(Cc2cnc3[nH]cc(C4CCCC4)c3n2)CC1. The molecule has 1 aliphatic heterocycles. The highest BCUT2D eigenvalue weighted by Gasteiger charge is 2.24. The molecule has 25 heavy (non-hydrogen) atoms. The van der Waals surface area contributed by atoms with Gasteiger partial charge in [-0.1, -0.05) is 19.4 Å². The number of H-pyrrole nitrogens is 1. The number of rotatable bonds is 4. The first-order valence-corrected chi connectivity index (χ1v) is 9.49. The normalized spacial score (nSPS) is 19.6. The van der Waals surface area contributed by atoms with Crippen molar-refractivity contribution in [3.05, 3.63) is 36.3 Å². The summed E-state index contributed by atoms with van der Waals surface area (Å²) in [6.07, 6.45) is 13.7. The van der Waals surface area contributed by atoms with Gasteiger partial charge in [0.1, 0.15) is 5.52 Å². The molecule has 2 fully saturated rings. The predicted octanol–water partition coefficient (Wildman–Crippen LogP) is 3.58. The highest BCUT2D eigenvalue weighted by molar-refractivity contribution is 5.87. The molecule has 1 amide bonds. The molecular weight excluding hydrogens is 312 g/mol. The molecule has 0 unspecified atom stereocenters. The second-order valence-corrected chi connectivity index (χ2v) is 7.46. The van der Waals surface area contributed by atoms with Gasteiger partial charge in [-0.05, 0) is 50.0 Å². The van der Waals surface area contributed by atoms with E-state index in [2.05, 4.69) is 22.7 Å². The first-order chi connectivity index (χ1) is 12.2. The topological polar surface area (TPSA) is 61.9 Å². The number of amides is 1. The minimum atomic E-state index is 0.0492. The van der Waals surface area contributed by atoms with Crippen molar-refractivity contribution < 1.29 is 4.79 Å². The summed E-state index contributed by atoms with van der Waals surface area (Å²) in [6, 6.07) is 0. The second-order valence-electron chi connectivity index (χ2n) is 7.46. The van der Waals surface area contributed by atoms with Gasteiger partial charge in [-0.25, -0.2) is 9.97 Å². The van der Waals surface area contributed by atoms with E-state index in [0.29, 0.717) is 11.8 Å². The van der Waals surface area contributed by atoms with Crippen LogP contribution in [0.25, 0.3) is 11.2 Å². The third-order valence-electron chi connectivity index (χ3n) is 5.85. The zero-order chi connectivity index (χ0) is 17.2. The van der Waals surface area contributed by atoms with Gasteiger partial charge in [-0.3, -0.25) is 4.79 Å². The zero-order valence-electron chi connectivity index (χ0n) is 14.7. The number of piperidine rings is 1. The van der Waals surface area contributed by atoms with Crippen molar-refractivity contribution >= 4 is 17.1 Å². The molecule has 0 atom stereocenters. The van der Waals surface area contributed by atoms with Gasteiger partial charge in [-0.2, -0.15) is 0 Å². The summed E-state index contributed by atoms with van der Waals surface area (Å²) in [5.74, 6) is 1.27. The summed E-state index contributed by atoms with van der Waals surface area (Å²) in [5.41, 5.74) is 4.42. The minimum Gasteiger partial charge on any atom is -0.345 e. The van der Waals surface area contributed by atoms with Crippen LogP contribution in [0, 0.1) is 5.92 Å². The van der Waals surface area contributed by atoms with E-state index < -0.39 is 0 Å². The molecule has 1 saturated carbocycles. The Morgan fingerprint density at radius 2 is 2.04 bits per heavy atom. The van der Waals surface area contributed by atoms with E-state index in [0.717, 1.165) is 49.2 Å². The Kier molecular flexibility index (Phi) is 4.55. The molecule has 1 aliphatic carbocycles. The van der Waals surface area contributed by atoms with Crippen molar-refractivity contribution in [2.75, 3.05) is 13.1 Å². The maximum absolute atomic E-state index is 11.7. The highest BCUT2D eigenvalue weighted by atomic mass is 16.2. The van der Waals surface area contributed by atoms with E-state index >= 15 is 0 Å². The Hall–Kier alpha value is -2.17. The summed E-state index contributed by atoms with van der Waals surface area (Å²) in [4.78, 5) is 26.4. The molecule has 2 aliphatic rings. The van der Waals surface area contributed by atoms with Gasteiger partial charge in [0.05, 0.1) is 11.9 Å². The van der Waals surface area contributed by atoms with Gasteiger partial charge in [0.25, 0.3) is 0 Å². The number of likely N-dealkylation sites (tertiary alicyclic amines) is 1. The van der Waals surface area contributed by atoms with Gasteiger partial charge >= 0.3 is 0 Å². The van der Waals surface area contributed by atoms with Crippen LogP contribution in [0.5, 0.6) is 0 Å². The van der Waals surface area contributed by atoms with Crippen molar-refractivity contribution in [1.29, 1.82) is 0 Å². The first kappa shape index (κ1) is 16.3. The van der Waals surface area contributed by atoms with Gasteiger partial charge in [0, 0.05) is 24.8 Å². The van der Waals surface area contributed by atoms with E-state index in [4.69, 9.17) is 4.98 Å². The summed E-state index contributed by atoms with van der Waals surface area (Å²) in [5, 5.41) is 0. The maximum atomic E-state index is 11.7. The van der Waals surface area contributed by atoms with Crippen LogP contribution in [0.1, 0.15) is 55.7 Å². The molecular formula is C20H26N4O. The average molecular weight is 338 g/mol. The molecule has 132 valence electrons. The molecule has 0 radical (unpaired) electrons. The molecule has 2 aromatic rings. The molecule has 1 N–H and O–H groups in total. The lowest BCUT2D eigenvalue weighted by Gasteiger charge is -2.31. The number of carbonyl (C=O) groups excluding carboxylic acids is 1. The molecule has 0 spiro atoms. The number of fused-ring (bicyclic) bond motifs is 1. The second kappa shape index (κ2) is 6.98. The Morgan fingerprint density at radius 1 is 1.28 bits per heavy atom. The van der Waals surface area contributed by atoms with Crippen molar-refractivity contribution in [2.24, 2.45) is 5.92 Å². The molecule has 1 saturated heterocycles. The molecule has 2 aromatic heterocycles. The lowest BCUT2D eigenvalue weighted by atomic mass is 9.92. The molecule has 5 nitrogen and oxygen atoms in total. The van der Waals surface area contributed by atoms with Crippen LogP contribution in [0.2, 0.25) is 0 Å². The fraction of sp³-hybridized carbons (Fsp3) is 0.550. The molecule has 3 heterocycles. The Labute approximate surface area is 148 Å². The van der Waals surface area contributed by atoms with Crippen LogP contribution >= 0.6 is 0 Å². The highest BCUT2D eigenvalue weighted by Crippen LogP contribution is 2.36. The van der Waals surface area contributed by atoms with E-state index in [1.54, 1.807) is 0 Å². The third kappa shape index (κ3) is 3.32. The van der Waals surface area contributed by atoms with E-state index in [-0.39, 0.29) is 5.91 Å². The van der Waals surface area contributed by atoms with Crippen molar-refractivity contribution in [2.45, 2.75) is 50.9 Å². The number of hydrogen-bond acceptors (Lipinski definition) is 3. The van der Waals surface area contributed by atoms with Gasteiger partial charge in [0.2, 0.25) is 5.91 Å². The number of hydrogen-bond donors (Lipinski definition) is 1. The predicted molar refractivity (Wildman–Crippen MR) is 98.3 cm³/mol.